The van der Waals surface area contributed by atoms with Gasteiger partial charge in [0.15, 0.2) is 5.96 Å². The van der Waals surface area contributed by atoms with Crippen LogP contribution in [0.5, 0.6) is 0 Å². The molecular weight excluding hydrogens is 487 g/mol. The van der Waals surface area contributed by atoms with E-state index in [2.05, 4.69) is 17.1 Å². The van der Waals surface area contributed by atoms with Crippen molar-refractivity contribution in [3.8, 4) is 0 Å². The number of nitrogens with one attached hydrogen (secondary N) is 1. The lowest BCUT2D eigenvalue weighted by Crippen LogP contribution is -2.50. The first-order valence-corrected chi connectivity index (χ1v) is 12.8. The zero-order valence-corrected chi connectivity index (χ0v) is 20.8. The number of likely N-dealkylation sites (tertiary alicyclic amines) is 1. The predicted molar refractivity (Wildman–Crippen MR) is 127 cm³/mol. The summed E-state index contributed by atoms with van der Waals surface area (Å²) in [5.74, 6) is 1.38. The Morgan fingerprint density at radius 2 is 1.79 bits per heavy atom. The van der Waals surface area contributed by atoms with Crippen molar-refractivity contribution in [2.24, 2.45) is 16.3 Å². The summed E-state index contributed by atoms with van der Waals surface area (Å²) in [6.45, 7) is 7.21. The van der Waals surface area contributed by atoms with Crippen molar-refractivity contribution in [2.45, 2.75) is 64.7 Å². The first-order valence-electron chi connectivity index (χ1n) is 10.9. The van der Waals surface area contributed by atoms with Crippen molar-refractivity contribution in [2.75, 3.05) is 45.5 Å². The van der Waals surface area contributed by atoms with Gasteiger partial charge in [-0.1, -0.05) is 25.7 Å². The van der Waals surface area contributed by atoms with E-state index in [-0.39, 0.29) is 24.0 Å². The Kier molecular flexibility index (Phi) is 9.32. The third-order valence-corrected chi connectivity index (χ3v) is 7.95. The number of aliphatic imine (C=N–C) groups is 1. The first kappa shape index (κ1) is 24.2. The van der Waals surface area contributed by atoms with Gasteiger partial charge < -0.3 is 10.2 Å². The van der Waals surface area contributed by atoms with Crippen LogP contribution < -0.4 is 5.32 Å². The highest BCUT2D eigenvalue weighted by molar-refractivity contribution is 14.0. The molecule has 28 heavy (non-hydrogen) atoms. The van der Waals surface area contributed by atoms with Gasteiger partial charge in [0.1, 0.15) is 0 Å². The third-order valence-electron chi connectivity index (χ3n) is 6.68. The number of nitrogens with zero attached hydrogens (tertiary/aromatic N) is 3. The molecule has 1 atom stereocenters. The summed E-state index contributed by atoms with van der Waals surface area (Å²) in [5, 5.41) is 3.50. The third kappa shape index (κ3) is 6.45. The van der Waals surface area contributed by atoms with Crippen molar-refractivity contribution in [3.63, 3.8) is 0 Å². The van der Waals surface area contributed by atoms with E-state index >= 15 is 0 Å². The maximum Gasteiger partial charge on any atom is 0.211 e. The average molecular weight is 527 g/mol. The SMILES string of the molecule is CCNC(=NCC1CCN(S(C)(=O)=O)C1)N1CCCC2(CCCCCC2)C1.I. The summed E-state index contributed by atoms with van der Waals surface area (Å²) in [5.41, 5.74) is 0.491. The van der Waals surface area contributed by atoms with E-state index in [0.717, 1.165) is 38.6 Å². The van der Waals surface area contributed by atoms with Crippen LogP contribution in [0, 0.1) is 11.3 Å². The van der Waals surface area contributed by atoms with Crippen LogP contribution >= 0.6 is 24.0 Å². The van der Waals surface area contributed by atoms with E-state index in [1.807, 2.05) is 0 Å². The molecule has 3 rings (SSSR count). The van der Waals surface area contributed by atoms with Crippen molar-refractivity contribution in [1.29, 1.82) is 0 Å². The Morgan fingerprint density at radius 1 is 1.11 bits per heavy atom. The fourth-order valence-electron chi connectivity index (χ4n) is 5.16. The molecule has 2 heterocycles. The number of hydrogen-bond donors (Lipinski definition) is 1. The summed E-state index contributed by atoms with van der Waals surface area (Å²) < 4.78 is 25.1. The van der Waals surface area contributed by atoms with Gasteiger partial charge in [0, 0.05) is 39.3 Å². The van der Waals surface area contributed by atoms with Gasteiger partial charge in [0.25, 0.3) is 0 Å². The predicted octanol–water partition coefficient (Wildman–Crippen LogP) is 3.29. The van der Waals surface area contributed by atoms with Gasteiger partial charge in [-0.25, -0.2) is 12.7 Å². The monoisotopic (exact) mass is 526 g/mol. The topological polar surface area (TPSA) is 65.0 Å². The van der Waals surface area contributed by atoms with Crippen LogP contribution in [0.1, 0.15) is 64.7 Å². The zero-order chi connectivity index (χ0) is 19.3. The number of rotatable bonds is 4. The van der Waals surface area contributed by atoms with E-state index in [0.29, 0.717) is 24.4 Å². The van der Waals surface area contributed by atoms with Crippen molar-refractivity contribution in [3.05, 3.63) is 0 Å². The van der Waals surface area contributed by atoms with Gasteiger partial charge in [-0.2, -0.15) is 0 Å². The number of hydrogen-bond acceptors (Lipinski definition) is 3. The van der Waals surface area contributed by atoms with E-state index in [1.165, 1.54) is 57.6 Å². The number of sulfonamides is 1. The molecule has 1 spiro atoms. The van der Waals surface area contributed by atoms with Crippen LogP contribution in [0.4, 0.5) is 0 Å². The Hall–Kier alpha value is -0.0900. The molecule has 0 aromatic rings. The average Bonchev–Trinajstić information content (AvgIpc) is 3.01. The Morgan fingerprint density at radius 3 is 2.39 bits per heavy atom. The molecule has 2 aliphatic heterocycles. The van der Waals surface area contributed by atoms with Gasteiger partial charge in [0.2, 0.25) is 10.0 Å². The minimum Gasteiger partial charge on any atom is -0.357 e. The summed E-state index contributed by atoms with van der Waals surface area (Å²) in [7, 11) is -3.07. The fourth-order valence-corrected chi connectivity index (χ4v) is 6.08. The van der Waals surface area contributed by atoms with Gasteiger partial charge in [-0.05, 0) is 50.4 Å². The van der Waals surface area contributed by atoms with E-state index in [4.69, 9.17) is 4.99 Å². The molecule has 2 saturated heterocycles. The first-order chi connectivity index (χ1) is 12.9. The highest BCUT2D eigenvalue weighted by Crippen LogP contribution is 2.42. The van der Waals surface area contributed by atoms with Gasteiger partial charge in [-0.15, -0.1) is 24.0 Å². The van der Waals surface area contributed by atoms with Gasteiger partial charge in [-0.3, -0.25) is 4.99 Å². The smallest absolute Gasteiger partial charge is 0.211 e. The normalized spacial score (nSPS) is 26.7. The lowest BCUT2D eigenvalue weighted by atomic mass is 9.74. The van der Waals surface area contributed by atoms with Crippen LogP contribution in [0.25, 0.3) is 0 Å². The minimum absolute atomic E-state index is 0. The van der Waals surface area contributed by atoms with E-state index in [9.17, 15) is 8.42 Å². The molecule has 3 aliphatic rings. The van der Waals surface area contributed by atoms with Crippen molar-refractivity contribution in [1.82, 2.24) is 14.5 Å². The maximum atomic E-state index is 11.7. The molecule has 1 saturated carbocycles. The second-order valence-electron chi connectivity index (χ2n) is 8.91. The van der Waals surface area contributed by atoms with Crippen LogP contribution in [0.15, 0.2) is 4.99 Å². The summed E-state index contributed by atoms with van der Waals surface area (Å²) >= 11 is 0. The highest BCUT2D eigenvalue weighted by atomic mass is 127. The Balaban J connectivity index is 0.00000280. The molecule has 1 unspecified atom stereocenters. The van der Waals surface area contributed by atoms with E-state index in [1.54, 1.807) is 4.31 Å². The molecule has 0 amide bonds. The van der Waals surface area contributed by atoms with Crippen LogP contribution in [-0.4, -0.2) is 69.1 Å². The fraction of sp³-hybridized carbons (Fsp3) is 0.950. The molecule has 1 N–H and O–H groups in total. The second-order valence-corrected chi connectivity index (χ2v) is 10.9. The summed E-state index contributed by atoms with van der Waals surface area (Å²) in [4.78, 5) is 7.43. The molecular formula is C20H39IN4O2S. The Labute approximate surface area is 189 Å². The number of guanidine groups is 1. The molecule has 0 radical (unpaired) electrons. The number of halogens is 1. The molecule has 3 fully saturated rings. The Bertz CT molecular complexity index is 618. The lowest BCUT2D eigenvalue weighted by Gasteiger charge is -2.44. The highest BCUT2D eigenvalue weighted by Gasteiger charge is 2.36. The largest absolute Gasteiger partial charge is 0.357 e. The lowest BCUT2D eigenvalue weighted by molar-refractivity contribution is 0.115. The number of piperidine rings is 1. The molecule has 164 valence electrons. The van der Waals surface area contributed by atoms with Crippen LogP contribution in [0.3, 0.4) is 0 Å². The summed E-state index contributed by atoms with van der Waals surface area (Å²) in [6.07, 6.45) is 13.1. The summed E-state index contributed by atoms with van der Waals surface area (Å²) in [6, 6.07) is 0. The van der Waals surface area contributed by atoms with Crippen LogP contribution in [-0.2, 0) is 10.0 Å². The van der Waals surface area contributed by atoms with Crippen molar-refractivity contribution >= 4 is 40.0 Å². The zero-order valence-electron chi connectivity index (χ0n) is 17.7. The quantitative estimate of drug-likeness (QED) is 0.347. The second kappa shape index (κ2) is 10.8. The minimum atomic E-state index is -3.07. The van der Waals surface area contributed by atoms with Gasteiger partial charge in [0.05, 0.1) is 6.26 Å². The molecule has 0 bridgehead atoms. The van der Waals surface area contributed by atoms with Gasteiger partial charge >= 0.3 is 0 Å². The molecule has 8 heteroatoms. The molecule has 0 aromatic carbocycles. The van der Waals surface area contributed by atoms with Crippen LogP contribution in [0.2, 0.25) is 0 Å². The molecule has 6 nitrogen and oxygen atoms in total. The maximum absolute atomic E-state index is 11.7. The van der Waals surface area contributed by atoms with Crippen molar-refractivity contribution < 1.29 is 8.42 Å². The standard InChI is InChI=1S/C20H38N4O2S.HI/c1-3-21-19(22-15-18-9-14-24(16-18)27(2,25)26)23-13-8-12-20(17-23)10-6-4-5-7-11-20;/h18H,3-17H2,1-2H3,(H,21,22);1H. The molecule has 0 aromatic heterocycles. The molecule has 1 aliphatic carbocycles. The van der Waals surface area contributed by atoms with E-state index < -0.39 is 10.0 Å².